The van der Waals surface area contributed by atoms with Gasteiger partial charge in [0, 0.05) is 16.9 Å². The second-order valence-corrected chi connectivity index (χ2v) is 8.90. The molecule has 1 unspecified atom stereocenters. The Hall–Kier alpha value is -3.52. The molecule has 3 heterocycles. The van der Waals surface area contributed by atoms with Crippen LogP contribution < -0.4 is 5.84 Å². The fraction of sp³-hybridized carbons (Fsp3) is 0.192. The number of aliphatic imine (C=N–C) groups is 2. The third kappa shape index (κ3) is 3.01. The summed E-state index contributed by atoms with van der Waals surface area (Å²) in [5.74, 6) is 6.80. The smallest absolute Gasteiger partial charge is 0.267 e. The SMILES string of the molecule is Cc1cc(-c2ccccc2)nc2c(F)c(C3=NC(C4CC(O)C4)=C4C=NC=C[N+]34N)ccc12. The molecule has 0 radical (unpaired) electrons. The standard InChI is InChI=1S/C26H23FN5O/c1-15-11-21(16-5-3-2-4-6-16)30-25-19(15)7-8-20(23(25)27)26-31-24(17-12-18(33)13-17)22-14-29-9-10-32(22,26)28/h2-11,14,17-18,33H,12-13,28H2,1H3/q+1. The second-order valence-electron chi connectivity index (χ2n) is 8.90. The van der Waals surface area contributed by atoms with Crippen LogP contribution in [0.4, 0.5) is 4.39 Å². The lowest BCUT2D eigenvalue weighted by Crippen LogP contribution is -2.53. The normalized spacial score (nSPS) is 25.9. The molecule has 6 nitrogen and oxygen atoms in total. The van der Waals surface area contributed by atoms with E-state index in [-0.39, 0.29) is 16.6 Å². The van der Waals surface area contributed by atoms with E-state index in [1.54, 1.807) is 24.7 Å². The topological polar surface area (TPSA) is 83.9 Å². The van der Waals surface area contributed by atoms with Crippen molar-refractivity contribution in [1.29, 1.82) is 0 Å². The van der Waals surface area contributed by atoms with E-state index in [1.807, 2.05) is 49.4 Å². The van der Waals surface area contributed by atoms with E-state index in [9.17, 15) is 5.11 Å². The Labute approximate surface area is 190 Å². The van der Waals surface area contributed by atoms with Crippen molar-refractivity contribution < 1.29 is 14.1 Å². The number of benzene rings is 2. The Morgan fingerprint density at radius 3 is 2.67 bits per heavy atom. The zero-order valence-electron chi connectivity index (χ0n) is 18.1. The van der Waals surface area contributed by atoms with Gasteiger partial charge in [-0.2, -0.15) is 10.8 Å². The average molecular weight is 441 g/mol. The summed E-state index contributed by atoms with van der Waals surface area (Å²) < 4.78 is 15.8. The predicted molar refractivity (Wildman–Crippen MR) is 126 cm³/mol. The quantitative estimate of drug-likeness (QED) is 0.469. The average Bonchev–Trinajstić information content (AvgIpc) is 3.10. The molecule has 1 fully saturated rings. The third-order valence-corrected chi connectivity index (χ3v) is 6.76. The van der Waals surface area contributed by atoms with Crippen LogP contribution >= 0.6 is 0 Å². The number of nitrogens with two attached hydrogens (primary N) is 1. The minimum absolute atomic E-state index is 0.0834. The molecular formula is C26H23FN5O+. The van der Waals surface area contributed by atoms with Gasteiger partial charge in [0.05, 0.1) is 29.8 Å². The molecule has 2 aliphatic heterocycles. The first-order valence-corrected chi connectivity index (χ1v) is 11.0. The first-order valence-electron chi connectivity index (χ1n) is 11.0. The summed E-state index contributed by atoms with van der Waals surface area (Å²) in [7, 11) is 0. The Balaban J connectivity index is 1.52. The summed E-state index contributed by atoms with van der Waals surface area (Å²) in [6.45, 7) is 1.96. The predicted octanol–water partition coefficient (Wildman–Crippen LogP) is 4.34. The molecule has 1 aromatic heterocycles. The number of nitrogens with zero attached hydrogens (tertiary/aromatic N) is 4. The highest BCUT2D eigenvalue weighted by Gasteiger charge is 2.48. The van der Waals surface area contributed by atoms with Crippen molar-refractivity contribution in [3.05, 3.63) is 89.3 Å². The molecule has 0 bridgehead atoms. The van der Waals surface area contributed by atoms with E-state index >= 15 is 4.39 Å². The molecule has 164 valence electrons. The number of rotatable bonds is 3. The number of aliphatic hydroxyl groups excluding tert-OH is 1. The Morgan fingerprint density at radius 2 is 1.91 bits per heavy atom. The molecule has 1 saturated carbocycles. The number of aliphatic hydroxyl groups is 1. The molecule has 2 aromatic carbocycles. The van der Waals surface area contributed by atoms with Gasteiger partial charge >= 0.3 is 0 Å². The number of aryl methyl sites for hydroxylation is 1. The van der Waals surface area contributed by atoms with E-state index in [4.69, 9.17) is 10.8 Å². The van der Waals surface area contributed by atoms with E-state index in [0.717, 1.165) is 27.9 Å². The molecule has 0 spiro atoms. The molecule has 7 heteroatoms. The van der Waals surface area contributed by atoms with Gasteiger partial charge in [-0.05, 0) is 37.5 Å². The fourth-order valence-electron chi connectivity index (χ4n) is 4.86. The number of halogens is 1. The lowest BCUT2D eigenvalue weighted by molar-refractivity contribution is -0.750. The molecule has 3 aliphatic rings. The number of allylic oxidation sites excluding steroid dienone is 2. The van der Waals surface area contributed by atoms with Crippen molar-refractivity contribution in [3.63, 3.8) is 0 Å². The van der Waals surface area contributed by atoms with Crippen LogP contribution in [0.3, 0.4) is 0 Å². The molecule has 0 saturated heterocycles. The van der Waals surface area contributed by atoms with Crippen LogP contribution in [0, 0.1) is 18.7 Å². The van der Waals surface area contributed by atoms with Crippen molar-refractivity contribution in [2.45, 2.75) is 25.9 Å². The highest BCUT2D eigenvalue weighted by Crippen LogP contribution is 2.42. The molecule has 1 aliphatic carbocycles. The van der Waals surface area contributed by atoms with Crippen LogP contribution in [0.1, 0.15) is 24.0 Å². The van der Waals surface area contributed by atoms with E-state index in [0.29, 0.717) is 35.5 Å². The molecule has 6 rings (SSSR count). The van der Waals surface area contributed by atoms with Crippen LogP contribution in [-0.2, 0) is 0 Å². The van der Waals surface area contributed by atoms with Gasteiger partial charge in [0.1, 0.15) is 17.4 Å². The summed E-state index contributed by atoms with van der Waals surface area (Å²) in [6, 6.07) is 15.3. The maximum Gasteiger partial charge on any atom is 0.267 e. The number of amidine groups is 1. The van der Waals surface area contributed by atoms with Gasteiger partial charge in [0.25, 0.3) is 5.84 Å². The van der Waals surface area contributed by atoms with E-state index in [1.165, 1.54) is 0 Å². The number of pyridine rings is 1. The molecule has 3 aromatic rings. The van der Waals surface area contributed by atoms with Gasteiger partial charge in [0.2, 0.25) is 5.70 Å². The van der Waals surface area contributed by atoms with Crippen molar-refractivity contribution in [2.24, 2.45) is 21.7 Å². The zero-order chi connectivity index (χ0) is 22.7. The second kappa shape index (κ2) is 7.25. The minimum atomic E-state index is -0.444. The van der Waals surface area contributed by atoms with Crippen molar-refractivity contribution in [3.8, 4) is 11.3 Å². The highest BCUT2D eigenvalue weighted by atomic mass is 19.1. The number of hydrogen-bond donors (Lipinski definition) is 2. The minimum Gasteiger partial charge on any atom is -0.393 e. The van der Waals surface area contributed by atoms with Gasteiger partial charge in [-0.25, -0.2) is 9.37 Å². The van der Waals surface area contributed by atoms with E-state index in [2.05, 4.69) is 9.98 Å². The van der Waals surface area contributed by atoms with Crippen molar-refractivity contribution in [2.75, 3.05) is 0 Å². The van der Waals surface area contributed by atoms with Crippen LogP contribution in [-0.4, -0.2) is 32.8 Å². The Morgan fingerprint density at radius 1 is 1.12 bits per heavy atom. The number of hydrogen-bond acceptors (Lipinski definition) is 5. The van der Waals surface area contributed by atoms with Crippen molar-refractivity contribution >= 4 is 23.0 Å². The largest absolute Gasteiger partial charge is 0.393 e. The maximum atomic E-state index is 16.1. The van der Waals surface area contributed by atoms with Crippen molar-refractivity contribution in [1.82, 2.24) is 4.98 Å². The summed E-state index contributed by atoms with van der Waals surface area (Å²) in [4.78, 5) is 13.7. The number of fused-ring (bicyclic) bond motifs is 2. The Bertz CT molecular complexity index is 1420. The van der Waals surface area contributed by atoms with Gasteiger partial charge < -0.3 is 5.11 Å². The number of quaternary nitrogens is 1. The third-order valence-electron chi connectivity index (χ3n) is 6.76. The monoisotopic (exact) mass is 440 g/mol. The summed E-state index contributed by atoms with van der Waals surface area (Å²) in [5.41, 5.74) is 4.69. The Kier molecular flexibility index (Phi) is 4.42. The molecule has 3 N–H and O–H groups in total. The zero-order valence-corrected chi connectivity index (χ0v) is 18.1. The van der Waals surface area contributed by atoms with E-state index < -0.39 is 5.82 Å². The highest BCUT2D eigenvalue weighted by molar-refractivity contribution is 6.03. The summed E-state index contributed by atoms with van der Waals surface area (Å²) in [6.07, 6.45) is 5.90. The molecular weight excluding hydrogens is 417 g/mol. The van der Waals surface area contributed by atoms with Gasteiger partial charge in [-0.1, -0.05) is 36.4 Å². The van der Waals surface area contributed by atoms with Gasteiger partial charge in [-0.3, -0.25) is 4.99 Å². The summed E-state index contributed by atoms with van der Waals surface area (Å²) >= 11 is 0. The van der Waals surface area contributed by atoms with Crippen LogP contribution in [0.15, 0.2) is 82.3 Å². The lowest BCUT2D eigenvalue weighted by Gasteiger charge is -2.31. The molecule has 33 heavy (non-hydrogen) atoms. The first-order chi connectivity index (χ1) is 16.0. The lowest BCUT2D eigenvalue weighted by atomic mass is 9.79. The van der Waals surface area contributed by atoms with Crippen LogP contribution in [0.5, 0.6) is 0 Å². The number of aromatic nitrogens is 1. The maximum absolute atomic E-state index is 16.1. The summed E-state index contributed by atoms with van der Waals surface area (Å²) in [5, 5.41) is 10.6. The molecule has 1 atom stereocenters. The first kappa shape index (κ1) is 20.1. The van der Waals surface area contributed by atoms with Gasteiger partial charge in [0.15, 0.2) is 5.82 Å². The van der Waals surface area contributed by atoms with Crippen LogP contribution in [0.25, 0.3) is 22.2 Å². The molecule has 0 amide bonds. The van der Waals surface area contributed by atoms with Gasteiger partial charge in [-0.15, -0.1) is 4.59 Å². The van der Waals surface area contributed by atoms with Crippen LogP contribution in [0.2, 0.25) is 0 Å². The fourth-order valence-corrected chi connectivity index (χ4v) is 4.86.